The summed E-state index contributed by atoms with van der Waals surface area (Å²) in [4.78, 5) is 12.9. The molecule has 0 saturated carbocycles. The molecule has 0 amide bonds. The third-order valence-electron chi connectivity index (χ3n) is 3.31. The molecule has 0 aromatic heterocycles. The molecule has 0 spiro atoms. The van der Waals surface area contributed by atoms with Gasteiger partial charge < -0.3 is 5.11 Å². The van der Waals surface area contributed by atoms with E-state index in [4.69, 9.17) is 5.11 Å². The van der Waals surface area contributed by atoms with E-state index < -0.39 is 12.0 Å². The Bertz CT molecular complexity index is 409. The van der Waals surface area contributed by atoms with Gasteiger partial charge in [-0.3, -0.25) is 9.69 Å². The first kappa shape index (κ1) is 14.6. The molecule has 2 unspecified atom stereocenters. The Hall–Kier alpha value is -1.42. The highest BCUT2D eigenvalue weighted by atomic mass is 19.1. The van der Waals surface area contributed by atoms with Gasteiger partial charge in [0.15, 0.2) is 0 Å². The fourth-order valence-corrected chi connectivity index (χ4v) is 2.33. The van der Waals surface area contributed by atoms with Gasteiger partial charge in [-0.15, -0.1) is 0 Å². The van der Waals surface area contributed by atoms with Gasteiger partial charge in [-0.05, 0) is 26.0 Å². The molecule has 1 rings (SSSR count). The van der Waals surface area contributed by atoms with Gasteiger partial charge in [-0.25, -0.2) is 4.39 Å². The minimum absolute atomic E-state index is 0.216. The van der Waals surface area contributed by atoms with Gasteiger partial charge in [-0.2, -0.15) is 0 Å². The summed E-state index contributed by atoms with van der Waals surface area (Å²) in [6.07, 6.45) is 1.16. The molecule has 100 valence electrons. The Balaban J connectivity index is 3.03. The highest BCUT2D eigenvalue weighted by molar-refractivity contribution is 5.73. The zero-order valence-electron chi connectivity index (χ0n) is 11.1. The first-order valence-electron chi connectivity index (χ1n) is 6.22. The van der Waals surface area contributed by atoms with E-state index in [-0.39, 0.29) is 11.9 Å². The van der Waals surface area contributed by atoms with Crippen molar-refractivity contribution >= 4 is 5.97 Å². The number of hydrogen-bond acceptors (Lipinski definition) is 2. The van der Waals surface area contributed by atoms with Crippen molar-refractivity contribution in [2.45, 2.75) is 38.8 Å². The maximum Gasteiger partial charge on any atom is 0.320 e. The van der Waals surface area contributed by atoms with Crippen LogP contribution in [-0.4, -0.2) is 29.1 Å². The van der Waals surface area contributed by atoms with E-state index in [1.54, 1.807) is 30.1 Å². The van der Waals surface area contributed by atoms with Gasteiger partial charge in [0.2, 0.25) is 0 Å². The summed E-state index contributed by atoms with van der Waals surface area (Å²) in [7, 11) is 1.74. The number of carbonyl (C=O) groups is 1. The number of carboxylic acids is 1. The van der Waals surface area contributed by atoms with Crippen molar-refractivity contribution in [3.8, 4) is 0 Å². The number of hydrogen-bond donors (Lipinski definition) is 1. The minimum atomic E-state index is -0.866. The average Bonchev–Trinajstić information content (AvgIpc) is 2.33. The molecule has 1 N–H and O–H groups in total. The van der Waals surface area contributed by atoms with Gasteiger partial charge in [0, 0.05) is 11.6 Å². The van der Waals surface area contributed by atoms with Gasteiger partial charge in [-0.1, -0.05) is 32.0 Å². The van der Waals surface area contributed by atoms with Crippen molar-refractivity contribution in [2.75, 3.05) is 7.05 Å². The Morgan fingerprint density at radius 1 is 1.33 bits per heavy atom. The van der Waals surface area contributed by atoms with Crippen LogP contribution in [0, 0.1) is 5.82 Å². The number of aliphatic carboxylic acids is 1. The zero-order valence-corrected chi connectivity index (χ0v) is 11.1. The third-order valence-corrected chi connectivity index (χ3v) is 3.31. The lowest BCUT2D eigenvalue weighted by Gasteiger charge is -2.32. The molecule has 18 heavy (non-hydrogen) atoms. The highest BCUT2D eigenvalue weighted by Gasteiger charge is 2.28. The van der Waals surface area contributed by atoms with Crippen LogP contribution >= 0.6 is 0 Å². The number of carboxylic acid groups (broad SMARTS) is 1. The van der Waals surface area contributed by atoms with Gasteiger partial charge in [0.25, 0.3) is 0 Å². The molecule has 3 nitrogen and oxygen atoms in total. The van der Waals surface area contributed by atoms with Crippen molar-refractivity contribution < 1.29 is 14.3 Å². The third kappa shape index (κ3) is 3.07. The van der Waals surface area contributed by atoms with Crippen LogP contribution in [0.1, 0.15) is 38.3 Å². The molecule has 1 aromatic carbocycles. The van der Waals surface area contributed by atoms with Gasteiger partial charge >= 0.3 is 5.97 Å². The molecule has 0 aliphatic carbocycles. The van der Waals surface area contributed by atoms with Crippen LogP contribution in [-0.2, 0) is 4.79 Å². The van der Waals surface area contributed by atoms with Crippen LogP contribution < -0.4 is 0 Å². The number of benzene rings is 1. The second-order valence-corrected chi connectivity index (χ2v) is 4.37. The number of likely N-dealkylation sites (N-methyl/N-ethyl adjacent to an activating group) is 1. The minimum Gasteiger partial charge on any atom is -0.480 e. The van der Waals surface area contributed by atoms with Gasteiger partial charge in [0.05, 0.1) is 0 Å². The van der Waals surface area contributed by atoms with Crippen LogP contribution in [0.3, 0.4) is 0 Å². The van der Waals surface area contributed by atoms with E-state index in [1.165, 1.54) is 6.07 Å². The van der Waals surface area contributed by atoms with Crippen molar-refractivity contribution in [3.05, 3.63) is 35.6 Å². The Morgan fingerprint density at radius 2 is 1.94 bits per heavy atom. The lowest BCUT2D eigenvalue weighted by Crippen LogP contribution is -2.40. The summed E-state index contributed by atoms with van der Waals surface area (Å²) in [6, 6.07) is 5.74. The van der Waals surface area contributed by atoms with Crippen LogP contribution in [0.4, 0.5) is 4.39 Å². The monoisotopic (exact) mass is 253 g/mol. The molecular formula is C14H20FNO2. The largest absolute Gasteiger partial charge is 0.480 e. The van der Waals surface area contributed by atoms with Crippen LogP contribution in [0.2, 0.25) is 0 Å². The summed E-state index contributed by atoms with van der Waals surface area (Å²) in [5.74, 6) is -1.15. The summed E-state index contributed by atoms with van der Waals surface area (Å²) >= 11 is 0. The van der Waals surface area contributed by atoms with E-state index in [0.717, 1.165) is 0 Å². The first-order valence-corrected chi connectivity index (χ1v) is 6.22. The molecule has 1 aromatic rings. The molecule has 0 saturated heterocycles. The molecule has 0 bridgehead atoms. The Morgan fingerprint density at radius 3 is 2.39 bits per heavy atom. The van der Waals surface area contributed by atoms with Crippen LogP contribution in [0.25, 0.3) is 0 Å². The fourth-order valence-electron chi connectivity index (χ4n) is 2.33. The average molecular weight is 253 g/mol. The van der Waals surface area contributed by atoms with E-state index in [2.05, 4.69) is 0 Å². The van der Waals surface area contributed by atoms with Crippen LogP contribution in [0.15, 0.2) is 24.3 Å². The molecule has 2 atom stereocenters. The maximum absolute atomic E-state index is 13.8. The lowest BCUT2D eigenvalue weighted by atomic mass is 10.00. The van der Waals surface area contributed by atoms with Crippen molar-refractivity contribution in [1.82, 2.24) is 4.90 Å². The first-order chi connectivity index (χ1) is 8.52. The maximum atomic E-state index is 13.8. The SMILES string of the molecule is CCC(C(=O)O)N(C)C(CC)c1ccccc1F. The van der Waals surface area contributed by atoms with E-state index in [1.807, 2.05) is 13.8 Å². The zero-order chi connectivity index (χ0) is 13.7. The van der Waals surface area contributed by atoms with Crippen LogP contribution in [0.5, 0.6) is 0 Å². The molecular weight excluding hydrogens is 233 g/mol. The molecule has 4 heteroatoms. The Labute approximate surface area is 107 Å². The van der Waals surface area contributed by atoms with E-state index in [9.17, 15) is 9.18 Å². The quantitative estimate of drug-likeness (QED) is 0.847. The molecule has 0 radical (unpaired) electrons. The molecule has 0 aliphatic heterocycles. The predicted molar refractivity (Wildman–Crippen MR) is 68.9 cm³/mol. The summed E-state index contributed by atoms with van der Waals surface area (Å²) in [6.45, 7) is 3.76. The van der Waals surface area contributed by atoms with E-state index in [0.29, 0.717) is 18.4 Å². The number of halogens is 1. The lowest BCUT2D eigenvalue weighted by molar-refractivity contribution is -0.143. The van der Waals surface area contributed by atoms with Crippen molar-refractivity contribution in [2.24, 2.45) is 0 Å². The number of rotatable bonds is 6. The highest BCUT2D eigenvalue weighted by Crippen LogP contribution is 2.27. The normalized spacial score (nSPS) is 14.5. The second-order valence-electron chi connectivity index (χ2n) is 4.37. The van der Waals surface area contributed by atoms with Crippen molar-refractivity contribution in [1.29, 1.82) is 0 Å². The summed E-state index contributed by atoms with van der Waals surface area (Å²) in [5.41, 5.74) is 0.558. The topological polar surface area (TPSA) is 40.5 Å². The summed E-state index contributed by atoms with van der Waals surface area (Å²) < 4.78 is 13.8. The van der Waals surface area contributed by atoms with Crippen molar-refractivity contribution in [3.63, 3.8) is 0 Å². The Kier molecular flexibility index (Phi) is 5.28. The fraction of sp³-hybridized carbons (Fsp3) is 0.500. The second kappa shape index (κ2) is 6.50. The molecule has 0 heterocycles. The van der Waals surface area contributed by atoms with E-state index >= 15 is 0 Å². The van der Waals surface area contributed by atoms with Gasteiger partial charge in [0.1, 0.15) is 11.9 Å². The molecule has 0 aliphatic rings. The predicted octanol–water partition coefficient (Wildman–Crippen LogP) is 3.07. The molecule has 0 fully saturated rings. The number of nitrogens with zero attached hydrogens (tertiary/aromatic N) is 1. The standard InChI is InChI=1S/C14H20FNO2/c1-4-12(10-8-6-7-9-11(10)15)16(3)13(5-2)14(17)18/h6-9,12-13H,4-5H2,1-3H3,(H,17,18). The summed E-state index contributed by atoms with van der Waals surface area (Å²) in [5, 5.41) is 9.17. The smallest absolute Gasteiger partial charge is 0.320 e.